The van der Waals surface area contributed by atoms with Crippen LogP contribution in [0.25, 0.3) is 0 Å². The van der Waals surface area contributed by atoms with Crippen LogP contribution < -0.4 is 0 Å². The Morgan fingerprint density at radius 3 is 2.17 bits per heavy atom. The van der Waals surface area contributed by atoms with E-state index in [2.05, 4.69) is 13.2 Å². The summed E-state index contributed by atoms with van der Waals surface area (Å²) in [5.41, 5.74) is 0. The maximum atomic E-state index is 5.46. The maximum absolute atomic E-state index is 5.46. The highest BCUT2D eigenvalue weighted by Gasteiger charge is 2.30. The van der Waals surface area contributed by atoms with Gasteiger partial charge in [-0.1, -0.05) is 13.2 Å². The molecule has 0 amide bonds. The van der Waals surface area contributed by atoms with Crippen LogP contribution in [0.2, 0.25) is 0 Å². The van der Waals surface area contributed by atoms with Gasteiger partial charge in [0.1, 0.15) is 0 Å². The van der Waals surface area contributed by atoms with Crippen molar-refractivity contribution >= 4 is 0 Å². The molecule has 0 aromatic carbocycles. The molecular formula is C10H14O2. The number of rotatable bonds is 3. The molecule has 12 heavy (non-hydrogen) atoms. The van der Waals surface area contributed by atoms with E-state index in [1.165, 1.54) is 0 Å². The van der Waals surface area contributed by atoms with Gasteiger partial charge in [-0.3, -0.25) is 0 Å². The van der Waals surface area contributed by atoms with Crippen molar-refractivity contribution < 1.29 is 9.47 Å². The van der Waals surface area contributed by atoms with E-state index < -0.39 is 5.79 Å². The molecule has 1 fully saturated rings. The Kier molecular flexibility index (Phi) is 3.06. The molecule has 0 N–H and O–H groups in total. The van der Waals surface area contributed by atoms with E-state index in [-0.39, 0.29) is 5.92 Å². The van der Waals surface area contributed by atoms with Crippen molar-refractivity contribution in [3.63, 3.8) is 0 Å². The minimum absolute atomic E-state index is 0.290. The molecule has 0 spiro atoms. The molecule has 1 rings (SSSR count). The van der Waals surface area contributed by atoms with E-state index in [0.717, 1.165) is 0 Å². The van der Waals surface area contributed by atoms with Crippen molar-refractivity contribution in [2.75, 3.05) is 13.2 Å². The van der Waals surface area contributed by atoms with E-state index in [1.54, 1.807) is 12.2 Å². The zero-order chi connectivity index (χ0) is 9.03. The lowest BCUT2D eigenvalue weighted by Crippen LogP contribution is -2.40. The number of hydrogen-bond donors (Lipinski definition) is 0. The van der Waals surface area contributed by atoms with Crippen LogP contribution in [-0.2, 0) is 9.47 Å². The SMILES string of the molecule is [CH]CC1COC(C=C)(C=C)OC1. The third kappa shape index (κ3) is 1.76. The van der Waals surface area contributed by atoms with Crippen molar-refractivity contribution in [3.8, 4) is 0 Å². The molecule has 0 saturated carbocycles. The zero-order valence-corrected chi connectivity index (χ0v) is 7.16. The number of ether oxygens (including phenoxy) is 2. The molecule has 2 nitrogen and oxygen atoms in total. The number of hydrogen-bond acceptors (Lipinski definition) is 2. The standard InChI is InChI=1S/C10H14O2/c1-4-9-7-11-10(5-2,6-3)12-8-9/h1,5-6,9H,2-4,7-8H2. The largest absolute Gasteiger partial charge is 0.343 e. The van der Waals surface area contributed by atoms with Gasteiger partial charge >= 0.3 is 0 Å². The summed E-state index contributed by atoms with van der Waals surface area (Å²) in [6.45, 7) is 13.9. The molecule has 0 bridgehead atoms. The Bertz CT molecular complexity index is 157. The first kappa shape index (κ1) is 9.49. The third-order valence-electron chi connectivity index (χ3n) is 1.99. The second-order valence-electron chi connectivity index (χ2n) is 2.85. The van der Waals surface area contributed by atoms with Gasteiger partial charge in [-0.05, 0) is 25.5 Å². The first-order valence-corrected chi connectivity index (χ1v) is 4.01. The molecule has 2 radical (unpaired) electrons. The Morgan fingerprint density at radius 1 is 1.33 bits per heavy atom. The molecular weight excluding hydrogens is 152 g/mol. The van der Waals surface area contributed by atoms with Gasteiger partial charge in [-0.25, -0.2) is 0 Å². The van der Waals surface area contributed by atoms with Crippen LogP contribution in [0.15, 0.2) is 25.3 Å². The molecule has 0 aliphatic carbocycles. The molecule has 2 heteroatoms. The Balaban J connectivity index is 2.53. The summed E-state index contributed by atoms with van der Waals surface area (Å²) >= 11 is 0. The predicted molar refractivity (Wildman–Crippen MR) is 47.4 cm³/mol. The van der Waals surface area contributed by atoms with Crippen LogP contribution in [0.5, 0.6) is 0 Å². The summed E-state index contributed by atoms with van der Waals surface area (Å²) in [5, 5.41) is 0. The van der Waals surface area contributed by atoms with Crippen molar-refractivity contribution in [2.24, 2.45) is 5.92 Å². The van der Waals surface area contributed by atoms with Gasteiger partial charge in [0.15, 0.2) is 0 Å². The lowest BCUT2D eigenvalue weighted by molar-refractivity contribution is -0.225. The van der Waals surface area contributed by atoms with Crippen LogP contribution in [-0.4, -0.2) is 19.0 Å². The smallest absolute Gasteiger partial charge is 0.207 e. The van der Waals surface area contributed by atoms with Crippen LogP contribution >= 0.6 is 0 Å². The van der Waals surface area contributed by atoms with Gasteiger partial charge in [0.05, 0.1) is 13.2 Å². The summed E-state index contributed by atoms with van der Waals surface area (Å²) in [7, 11) is 0. The summed E-state index contributed by atoms with van der Waals surface area (Å²) < 4.78 is 10.9. The molecule has 1 aliphatic rings. The normalized spacial score (nSPS) is 23.4. The average Bonchev–Trinajstić information content (AvgIpc) is 2.18. The van der Waals surface area contributed by atoms with Crippen LogP contribution in [0.1, 0.15) is 6.42 Å². The monoisotopic (exact) mass is 166 g/mol. The first-order chi connectivity index (χ1) is 5.76. The average molecular weight is 166 g/mol. The van der Waals surface area contributed by atoms with Crippen LogP contribution in [0.3, 0.4) is 0 Å². The van der Waals surface area contributed by atoms with Crippen molar-refractivity contribution in [1.82, 2.24) is 0 Å². The molecule has 0 unspecified atom stereocenters. The highest BCUT2D eigenvalue weighted by molar-refractivity contribution is 5.04. The van der Waals surface area contributed by atoms with Crippen LogP contribution in [0, 0.1) is 12.8 Å². The summed E-state index contributed by atoms with van der Waals surface area (Å²) in [6, 6.07) is 0. The van der Waals surface area contributed by atoms with Crippen molar-refractivity contribution in [1.29, 1.82) is 0 Å². The molecule has 0 aromatic heterocycles. The first-order valence-electron chi connectivity index (χ1n) is 4.01. The van der Waals surface area contributed by atoms with E-state index in [0.29, 0.717) is 19.6 Å². The Morgan fingerprint density at radius 2 is 1.83 bits per heavy atom. The molecule has 0 aromatic rings. The van der Waals surface area contributed by atoms with Gasteiger partial charge in [-0.2, -0.15) is 0 Å². The molecule has 66 valence electrons. The second kappa shape index (κ2) is 3.87. The van der Waals surface area contributed by atoms with Crippen molar-refractivity contribution in [2.45, 2.75) is 12.2 Å². The summed E-state index contributed by atoms with van der Waals surface area (Å²) in [5.74, 6) is -0.496. The second-order valence-corrected chi connectivity index (χ2v) is 2.85. The molecule has 1 saturated heterocycles. The molecule has 1 heterocycles. The Labute approximate surface area is 73.9 Å². The highest BCUT2D eigenvalue weighted by Crippen LogP contribution is 2.24. The quantitative estimate of drug-likeness (QED) is 0.595. The van der Waals surface area contributed by atoms with E-state index in [4.69, 9.17) is 16.4 Å². The van der Waals surface area contributed by atoms with Crippen molar-refractivity contribution in [3.05, 3.63) is 32.2 Å². The van der Waals surface area contributed by atoms with Crippen LogP contribution in [0.4, 0.5) is 0 Å². The van der Waals surface area contributed by atoms with Gasteiger partial charge < -0.3 is 9.47 Å². The fourth-order valence-electron chi connectivity index (χ4n) is 1.04. The zero-order valence-electron chi connectivity index (χ0n) is 7.16. The third-order valence-corrected chi connectivity index (χ3v) is 1.99. The topological polar surface area (TPSA) is 18.5 Å². The van der Waals surface area contributed by atoms with Gasteiger partial charge in [0.25, 0.3) is 0 Å². The molecule has 1 aliphatic heterocycles. The minimum Gasteiger partial charge on any atom is -0.343 e. The van der Waals surface area contributed by atoms with E-state index in [9.17, 15) is 0 Å². The summed E-state index contributed by atoms with van der Waals surface area (Å²) in [4.78, 5) is 0. The van der Waals surface area contributed by atoms with Gasteiger partial charge in [0.2, 0.25) is 5.79 Å². The Hall–Kier alpha value is -0.600. The fourth-order valence-corrected chi connectivity index (χ4v) is 1.04. The summed E-state index contributed by atoms with van der Waals surface area (Å²) in [6.07, 6.45) is 3.80. The highest BCUT2D eigenvalue weighted by atomic mass is 16.7. The van der Waals surface area contributed by atoms with Gasteiger partial charge in [0, 0.05) is 5.92 Å². The minimum atomic E-state index is -0.786. The predicted octanol–water partition coefficient (Wildman–Crippen LogP) is 1.82. The molecule has 0 atom stereocenters. The van der Waals surface area contributed by atoms with Gasteiger partial charge in [-0.15, -0.1) is 0 Å². The van der Waals surface area contributed by atoms with E-state index >= 15 is 0 Å². The maximum Gasteiger partial charge on any atom is 0.207 e. The van der Waals surface area contributed by atoms with E-state index in [1.807, 2.05) is 0 Å². The lowest BCUT2D eigenvalue weighted by atomic mass is 10.1. The fraction of sp³-hybridized carbons (Fsp3) is 0.500. The lowest BCUT2D eigenvalue weighted by Gasteiger charge is -2.35.